The zero-order valence-corrected chi connectivity index (χ0v) is 13.0. The summed E-state index contributed by atoms with van der Waals surface area (Å²) in [5, 5.41) is 0. The van der Waals surface area contributed by atoms with Crippen LogP contribution in [0.4, 0.5) is 0 Å². The summed E-state index contributed by atoms with van der Waals surface area (Å²) >= 11 is 5.26. The van der Waals surface area contributed by atoms with E-state index < -0.39 is 14.6 Å². The molecular formula is C12H17N3O2S2. The van der Waals surface area contributed by atoms with Crippen molar-refractivity contribution in [1.82, 2.24) is 14.5 Å². The maximum atomic E-state index is 11.8. The molecule has 0 unspecified atom stereocenters. The van der Waals surface area contributed by atoms with Crippen molar-refractivity contribution in [2.75, 3.05) is 6.26 Å². The Balaban J connectivity index is 2.59. The number of fused-ring (bicyclic) bond motifs is 1. The van der Waals surface area contributed by atoms with Gasteiger partial charge in [0, 0.05) is 19.0 Å². The fraction of sp³-hybridized carbons (Fsp3) is 0.500. The molecule has 5 nitrogen and oxygen atoms in total. The normalized spacial score (nSPS) is 13.1. The molecule has 0 saturated carbocycles. The highest BCUT2D eigenvalue weighted by molar-refractivity contribution is 7.92. The van der Waals surface area contributed by atoms with Crippen molar-refractivity contribution >= 4 is 33.2 Å². The van der Waals surface area contributed by atoms with Gasteiger partial charge < -0.3 is 4.98 Å². The van der Waals surface area contributed by atoms with Crippen LogP contribution in [0.1, 0.15) is 19.4 Å². The summed E-state index contributed by atoms with van der Waals surface area (Å²) in [6.45, 7) is 5.61. The van der Waals surface area contributed by atoms with Crippen molar-refractivity contribution in [3.63, 3.8) is 0 Å². The minimum Gasteiger partial charge on any atom is -0.329 e. The van der Waals surface area contributed by atoms with Crippen LogP contribution in [0.5, 0.6) is 0 Å². The molecule has 19 heavy (non-hydrogen) atoms. The third-order valence-electron chi connectivity index (χ3n) is 3.29. The molecule has 0 aromatic carbocycles. The largest absolute Gasteiger partial charge is 0.329 e. The van der Waals surface area contributed by atoms with Gasteiger partial charge in [-0.15, -0.1) is 0 Å². The number of imidazole rings is 1. The van der Waals surface area contributed by atoms with Gasteiger partial charge in [-0.2, -0.15) is 0 Å². The van der Waals surface area contributed by atoms with Crippen molar-refractivity contribution in [1.29, 1.82) is 0 Å². The van der Waals surface area contributed by atoms with E-state index in [4.69, 9.17) is 12.2 Å². The van der Waals surface area contributed by atoms with Crippen molar-refractivity contribution in [2.45, 2.75) is 32.1 Å². The lowest BCUT2D eigenvalue weighted by atomic mass is 10.2. The van der Waals surface area contributed by atoms with E-state index in [0.29, 0.717) is 10.4 Å². The second-order valence-corrected chi connectivity index (χ2v) is 8.47. The molecule has 0 amide bonds. The molecule has 0 bridgehead atoms. The van der Waals surface area contributed by atoms with E-state index in [1.165, 1.54) is 6.26 Å². The van der Waals surface area contributed by atoms with Crippen LogP contribution in [0.3, 0.4) is 0 Å². The number of rotatable bonds is 3. The van der Waals surface area contributed by atoms with Crippen LogP contribution in [0.25, 0.3) is 11.2 Å². The van der Waals surface area contributed by atoms with Crippen molar-refractivity contribution in [3.05, 3.63) is 22.6 Å². The molecule has 0 saturated heterocycles. The zero-order chi connectivity index (χ0) is 14.4. The Labute approximate surface area is 117 Å². The highest BCUT2D eigenvalue weighted by atomic mass is 32.2. The molecule has 0 atom stereocenters. The first-order chi connectivity index (χ1) is 8.62. The van der Waals surface area contributed by atoms with E-state index in [9.17, 15) is 8.42 Å². The van der Waals surface area contributed by atoms with Crippen LogP contribution >= 0.6 is 12.2 Å². The summed E-state index contributed by atoms with van der Waals surface area (Å²) in [4.78, 5) is 7.40. The molecule has 2 aromatic heterocycles. The number of hydrogen-bond donors (Lipinski definition) is 1. The monoisotopic (exact) mass is 299 g/mol. The van der Waals surface area contributed by atoms with Crippen molar-refractivity contribution in [3.8, 4) is 0 Å². The Morgan fingerprint density at radius 3 is 2.68 bits per heavy atom. The van der Waals surface area contributed by atoms with Crippen LogP contribution in [0.15, 0.2) is 12.3 Å². The molecule has 7 heteroatoms. The van der Waals surface area contributed by atoms with E-state index in [-0.39, 0.29) is 6.54 Å². The standard InChI is InChI=1S/C12H17N3O2S2/c1-8-5-9-10(13-6-8)15(11(18)14-9)7-12(2,3)19(4,16)17/h5-6H,7H2,1-4H3,(H,14,18). The first-order valence-electron chi connectivity index (χ1n) is 5.86. The molecule has 0 spiro atoms. The summed E-state index contributed by atoms with van der Waals surface area (Å²) in [5.74, 6) is 0. The summed E-state index contributed by atoms with van der Waals surface area (Å²) in [7, 11) is -3.18. The van der Waals surface area contributed by atoms with Crippen LogP contribution in [0.2, 0.25) is 0 Å². The number of aryl methyl sites for hydroxylation is 1. The second kappa shape index (κ2) is 4.42. The number of aromatic nitrogens is 3. The number of aromatic amines is 1. The van der Waals surface area contributed by atoms with E-state index >= 15 is 0 Å². The van der Waals surface area contributed by atoms with Gasteiger partial charge in [0.05, 0.1) is 10.3 Å². The number of H-pyrrole nitrogens is 1. The molecule has 0 radical (unpaired) electrons. The maximum Gasteiger partial charge on any atom is 0.179 e. The fourth-order valence-corrected chi connectivity index (χ4v) is 2.42. The molecule has 0 fully saturated rings. The Morgan fingerprint density at radius 2 is 2.11 bits per heavy atom. The van der Waals surface area contributed by atoms with E-state index in [1.54, 1.807) is 24.6 Å². The third-order valence-corrected chi connectivity index (χ3v) is 5.75. The Hall–Kier alpha value is -1.21. The molecule has 2 rings (SSSR count). The van der Waals surface area contributed by atoms with Crippen LogP contribution < -0.4 is 0 Å². The topological polar surface area (TPSA) is 67.8 Å². The van der Waals surface area contributed by atoms with Gasteiger partial charge in [-0.1, -0.05) is 0 Å². The molecule has 0 aliphatic heterocycles. The number of pyridine rings is 1. The molecule has 2 aromatic rings. The first kappa shape index (κ1) is 14.2. The summed E-state index contributed by atoms with van der Waals surface area (Å²) in [6.07, 6.45) is 2.98. The lowest BCUT2D eigenvalue weighted by Crippen LogP contribution is -2.35. The van der Waals surface area contributed by atoms with E-state index in [0.717, 1.165) is 11.1 Å². The molecule has 1 N–H and O–H groups in total. The summed E-state index contributed by atoms with van der Waals surface area (Å²) < 4.78 is 24.9. The number of hydrogen-bond acceptors (Lipinski definition) is 4. The van der Waals surface area contributed by atoms with Gasteiger partial charge in [-0.3, -0.25) is 4.57 Å². The summed E-state index contributed by atoms with van der Waals surface area (Å²) in [6, 6.07) is 1.95. The van der Waals surface area contributed by atoms with E-state index in [1.807, 2.05) is 13.0 Å². The number of nitrogens with zero attached hydrogens (tertiary/aromatic N) is 2. The number of sulfone groups is 1. The third kappa shape index (κ3) is 2.57. The van der Waals surface area contributed by atoms with Gasteiger partial charge in [0.1, 0.15) is 0 Å². The Kier molecular flexibility index (Phi) is 3.30. The second-order valence-electron chi connectivity index (χ2n) is 5.43. The van der Waals surface area contributed by atoms with Crippen molar-refractivity contribution < 1.29 is 8.42 Å². The van der Waals surface area contributed by atoms with Gasteiger partial charge in [-0.05, 0) is 44.6 Å². The SMILES string of the molecule is Cc1cnc2c(c1)[nH]c(=S)n2CC(C)(C)S(C)(=O)=O. The van der Waals surface area contributed by atoms with Crippen LogP contribution in [0, 0.1) is 11.7 Å². The number of nitrogens with one attached hydrogen (secondary N) is 1. The highest BCUT2D eigenvalue weighted by Gasteiger charge is 2.31. The minimum atomic E-state index is -3.18. The van der Waals surface area contributed by atoms with Crippen LogP contribution in [-0.2, 0) is 16.4 Å². The fourth-order valence-electron chi connectivity index (χ4n) is 1.79. The van der Waals surface area contributed by atoms with Gasteiger partial charge in [0.15, 0.2) is 20.3 Å². The minimum absolute atomic E-state index is 0.278. The predicted octanol–water partition coefficient (Wildman–Crippen LogP) is 2.23. The Morgan fingerprint density at radius 1 is 1.47 bits per heavy atom. The molecule has 0 aliphatic rings. The van der Waals surface area contributed by atoms with E-state index in [2.05, 4.69) is 9.97 Å². The molecule has 0 aliphatic carbocycles. The quantitative estimate of drug-likeness (QED) is 0.883. The average molecular weight is 299 g/mol. The van der Waals surface area contributed by atoms with Gasteiger partial charge in [0.25, 0.3) is 0 Å². The molecule has 104 valence electrons. The lowest BCUT2D eigenvalue weighted by molar-refractivity contribution is 0.505. The van der Waals surface area contributed by atoms with Gasteiger partial charge >= 0.3 is 0 Å². The van der Waals surface area contributed by atoms with Gasteiger partial charge in [-0.25, -0.2) is 13.4 Å². The zero-order valence-electron chi connectivity index (χ0n) is 11.4. The average Bonchev–Trinajstić information content (AvgIpc) is 2.52. The van der Waals surface area contributed by atoms with Crippen molar-refractivity contribution in [2.24, 2.45) is 0 Å². The first-order valence-corrected chi connectivity index (χ1v) is 8.16. The Bertz CT molecular complexity index is 785. The maximum absolute atomic E-state index is 11.8. The smallest absolute Gasteiger partial charge is 0.179 e. The molecular weight excluding hydrogens is 282 g/mol. The summed E-state index contributed by atoms with van der Waals surface area (Å²) in [5.41, 5.74) is 2.54. The molecule has 2 heterocycles. The van der Waals surface area contributed by atoms with Crippen LogP contribution in [-0.4, -0.2) is 34.0 Å². The lowest BCUT2D eigenvalue weighted by Gasteiger charge is -2.22. The van der Waals surface area contributed by atoms with Gasteiger partial charge in [0.2, 0.25) is 0 Å². The highest BCUT2D eigenvalue weighted by Crippen LogP contribution is 2.21. The predicted molar refractivity (Wildman–Crippen MR) is 78.6 cm³/mol.